The van der Waals surface area contributed by atoms with Crippen molar-refractivity contribution < 1.29 is 5.11 Å². The summed E-state index contributed by atoms with van der Waals surface area (Å²) >= 11 is 0. The SMILES string of the molecule is [CH2]CC(O)c1cnn(C)c1NC(c1ccccc1)(c1ccccc1)c1ccccc1. The molecule has 0 spiro atoms. The van der Waals surface area contributed by atoms with Gasteiger partial charge in [-0.15, -0.1) is 0 Å². The summed E-state index contributed by atoms with van der Waals surface area (Å²) < 4.78 is 1.78. The van der Waals surface area contributed by atoms with Crippen LogP contribution in [-0.2, 0) is 12.6 Å². The van der Waals surface area contributed by atoms with E-state index in [0.717, 1.165) is 28.1 Å². The quantitative estimate of drug-likeness (QED) is 0.428. The van der Waals surface area contributed by atoms with Crippen LogP contribution in [0.2, 0.25) is 0 Å². The maximum Gasteiger partial charge on any atom is 0.130 e. The van der Waals surface area contributed by atoms with Crippen molar-refractivity contribution in [3.05, 3.63) is 126 Å². The van der Waals surface area contributed by atoms with Crippen LogP contribution >= 0.6 is 0 Å². The summed E-state index contributed by atoms with van der Waals surface area (Å²) in [5.41, 5.74) is 3.35. The Kier molecular flexibility index (Phi) is 5.68. The highest BCUT2D eigenvalue weighted by atomic mass is 16.3. The Morgan fingerprint density at radius 2 is 1.30 bits per heavy atom. The Hall–Kier alpha value is -3.37. The Balaban J connectivity index is 2.01. The molecule has 4 nitrogen and oxygen atoms in total. The molecule has 4 heteroatoms. The standard InChI is InChI=1S/C26H26N3O/c1-3-24(30)23-19-27-29(2)25(23)28-26(20-13-7-4-8-14-20,21-15-9-5-10-16-21)22-17-11-6-12-18-22/h4-19,24,28,30H,1,3H2,2H3. The second-order valence-electron chi connectivity index (χ2n) is 7.35. The lowest BCUT2D eigenvalue weighted by Crippen LogP contribution is -2.39. The molecule has 0 bridgehead atoms. The second kappa shape index (κ2) is 8.56. The molecule has 151 valence electrons. The summed E-state index contributed by atoms with van der Waals surface area (Å²) in [4.78, 5) is 0. The van der Waals surface area contributed by atoms with Gasteiger partial charge in [-0.05, 0) is 23.1 Å². The van der Waals surface area contributed by atoms with Gasteiger partial charge in [-0.2, -0.15) is 5.10 Å². The predicted octanol–water partition coefficient (Wildman–Crippen LogP) is 5.08. The second-order valence-corrected chi connectivity index (χ2v) is 7.35. The van der Waals surface area contributed by atoms with Crippen LogP contribution < -0.4 is 5.32 Å². The molecule has 0 fully saturated rings. The van der Waals surface area contributed by atoms with E-state index in [1.807, 2.05) is 61.6 Å². The van der Waals surface area contributed by atoms with Gasteiger partial charge < -0.3 is 10.4 Å². The van der Waals surface area contributed by atoms with E-state index in [2.05, 4.69) is 53.7 Å². The predicted molar refractivity (Wildman–Crippen MR) is 121 cm³/mol. The van der Waals surface area contributed by atoms with Crippen molar-refractivity contribution in [1.82, 2.24) is 9.78 Å². The van der Waals surface area contributed by atoms with Gasteiger partial charge in [-0.25, -0.2) is 0 Å². The minimum absolute atomic E-state index is 0.370. The lowest BCUT2D eigenvalue weighted by molar-refractivity contribution is 0.181. The number of aryl methyl sites for hydroxylation is 1. The number of nitrogens with zero attached hydrogens (tertiary/aromatic N) is 2. The maximum absolute atomic E-state index is 10.6. The molecule has 1 heterocycles. The molecule has 0 saturated carbocycles. The number of hydrogen-bond donors (Lipinski definition) is 2. The zero-order valence-electron chi connectivity index (χ0n) is 17.1. The molecule has 0 aliphatic heterocycles. The smallest absolute Gasteiger partial charge is 0.130 e. The molecule has 0 amide bonds. The summed E-state index contributed by atoms with van der Waals surface area (Å²) in [6.45, 7) is 3.87. The van der Waals surface area contributed by atoms with Gasteiger partial charge in [0.05, 0.1) is 12.3 Å². The molecule has 1 unspecified atom stereocenters. The van der Waals surface area contributed by atoms with E-state index in [1.165, 1.54) is 0 Å². The number of benzene rings is 3. The van der Waals surface area contributed by atoms with Gasteiger partial charge in [0.15, 0.2) is 0 Å². The summed E-state index contributed by atoms with van der Waals surface area (Å²) in [5, 5.41) is 18.8. The van der Waals surface area contributed by atoms with Gasteiger partial charge in [0, 0.05) is 12.6 Å². The molecule has 1 atom stereocenters. The first kappa shape index (κ1) is 19.9. The molecule has 0 aliphatic carbocycles. The van der Waals surface area contributed by atoms with Crippen molar-refractivity contribution in [3.8, 4) is 0 Å². The van der Waals surface area contributed by atoms with Crippen LogP contribution in [0.3, 0.4) is 0 Å². The number of rotatable bonds is 7. The first-order valence-corrected chi connectivity index (χ1v) is 10.1. The zero-order chi connectivity index (χ0) is 21.0. The third kappa shape index (κ3) is 3.51. The molecule has 2 N–H and O–H groups in total. The largest absolute Gasteiger partial charge is 0.388 e. The Morgan fingerprint density at radius 3 is 1.70 bits per heavy atom. The number of aliphatic hydroxyl groups is 1. The minimum Gasteiger partial charge on any atom is -0.388 e. The average Bonchev–Trinajstić information content (AvgIpc) is 3.18. The van der Waals surface area contributed by atoms with Crippen LogP contribution in [0, 0.1) is 6.92 Å². The first-order valence-electron chi connectivity index (χ1n) is 10.1. The molecule has 0 saturated heterocycles. The topological polar surface area (TPSA) is 50.1 Å². The van der Waals surface area contributed by atoms with E-state index < -0.39 is 11.6 Å². The van der Waals surface area contributed by atoms with Crippen molar-refractivity contribution in [2.24, 2.45) is 7.05 Å². The molecule has 3 aromatic carbocycles. The van der Waals surface area contributed by atoms with Crippen LogP contribution in [0.25, 0.3) is 0 Å². The number of aliphatic hydroxyl groups excluding tert-OH is 1. The molecule has 4 aromatic rings. The molecule has 30 heavy (non-hydrogen) atoms. The monoisotopic (exact) mass is 396 g/mol. The van der Waals surface area contributed by atoms with Crippen LogP contribution in [0.1, 0.15) is 34.8 Å². The number of aromatic nitrogens is 2. The van der Waals surface area contributed by atoms with Crippen LogP contribution in [0.15, 0.2) is 97.2 Å². The van der Waals surface area contributed by atoms with Crippen molar-refractivity contribution in [1.29, 1.82) is 0 Å². The van der Waals surface area contributed by atoms with Gasteiger partial charge in [-0.3, -0.25) is 4.68 Å². The van der Waals surface area contributed by atoms with E-state index in [-0.39, 0.29) is 0 Å². The molecular formula is C26H26N3O. The number of nitrogens with one attached hydrogen (secondary N) is 1. The fraction of sp³-hybridized carbons (Fsp3) is 0.154. The third-order valence-electron chi connectivity index (χ3n) is 5.53. The summed E-state index contributed by atoms with van der Waals surface area (Å²) in [7, 11) is 1.88. The lowest BCUT2D eigenvalue weighted by Gasteiger charge is -2.38. The van der Waals surface area contributed by atoms with Crippen LogP contribution in [0.4, 0.5) is 5.82 Å². The van der Waals surface area contributed by atoms with E-state index in [1.54, 1.807) is 10.9 Å². The van der Waals surface area contributed by atoms with Crippen LogP contribution in [0.5, 0.6) is 0 Å². The number of hydrogen-bond acceptors (Lipinski definition) is 3. The van der Waals surface area contributed by atoms with Gasteiger partial charge in [0.25, 0.3) is 0 Å². The minimum atomic E-state index is -0.693. The Labute approximate surface area is 177 Å². The van der Waals surface area contributed by atoms with Gasteiger partial charge in [0.1, 0.15) is 11.4 Å². The van der Waals surface area contributed by atoms with Crippen molar-refractivity contribution in [3.63, 3.8) is 0 Å². The zero-order valence-corrected chi connectivity index (χ0v) is 17.1. The van der Waals surface area contributed by atoms with E-state index >= 15 is 0 Å². The van der Waals surface area contributed by atoms with E-state index in [9.17, 15) is 5.11 Å². The van der Waals surface area contributed by atoms with Crippen LogP contribution in [-0.4, -0.2) is 14.9 Å². The first-order chi connectivity index (χ1) is 14.7. The Bertz CT molecular complexity index is 979. The molecule has 1 aromatic heterocycles. The molecule has 0 aliphatic rings. The lowest BCUT2D eigenvalue weighted by atomic mass is 9.77. The fourth-order valence-electron chi connectivity index (χ4n) is 3.97. The molecule has 4 rings (SSSR count). The highest BCUT2D eigenvalue weighted by Crippen LogP contribution is 2.41. The molecular weight excluding hydrogens is 370 g/mol. The maximum atomic E-state index is 10.6. The molecule has 1 radical (unpaired) electrons. The normalized spacial score (nSPS) is 12.5. The third-order valence-corrected chi connectivity index (χ3v) is 5.53. The Morgan fingerprint density at radius 1 is 0.867 bits per heavy atom. The number of anilines is 1. The van der Waals surface area contributed by atoms with E-state index in [4.69, 9.17) is 0 Å². The summed E-state index contributed by atoms with van der Waals surface area (Å²) in [6, 6.07) is 31.1. The van der Waals surface area contributed by atoms with Crippen molar-refractivity contribution >= 4 is 5.82 Å². The highest BCUT2D eigenvalue weighted by Gasteiger charge is 2.38. The van der Waals surface area contributed by atoms with Gasteiger partial charge >= 0.3 is 0 Å². The van der Waals surface area contributed by atoms with Gasteiger partial charge in [0.2, 0.25) is 0 Å². The van der Waals surface area contributed by atoms with E-state index in [0.29, 0.717) is 6.42 Å². The van der Waals surface area contributed by atoms with Crippen molar-refractivity contribution in [2.45, 2.75) is 18.1 Å². The van der Waals surface area contributed by atoms with Gasteiger partial charge in [-0.1, -0.05) is 97.9 Å². The average molecular weight is 397 g/mol. The van der Waals surface area contributed by atoms with Crippen molar-refractivity contribution in [2.75, 3.05) is 5.32 Å². The summed E-state index contributed by atoms with van der Waals surface area (Å²) in [5.74, 6) is 0.766. The highest BCUT2D eigenvalue weighted by molar-refractivity contribution is 5.60. The fourth-order valence-corrected chi connectivity index (χ4v) is 3.97. The summed E-state index contributed by atoms with van der Waals surface area (Å²) in [6.07, 6.45) is 1.39.